The van der Waals surface area contributed by atoms with E-state index in [1.54, 1.807) is 11.8 Å². The van der Waals surface area contributed by atoms with Crippen LogP contribution in [0.5, 0.6) is 0 Å². The molecule has 1 N–H and O–H groups in total. The fourth-order valence-corrected chi connectivity index (χ4v) is 4.07. The van der Waals surface area contributed by atoms with Gasteiger partial charge in [0.15, 0.2) is 5.16 Å². The van der Waals surface area contributed by atoms with Gasteiger partial charge in [0.05, 0.1) is 0 Å². The van der Waals surface area contributed by atoms with Crippen molar-refractivity contribution >= 4 is 24.0 Å². The lowest BCUT2D eigenvalue weighted by Crippen LogP contribution is -1.97. The summed E-state index contributed by atoms with van der Waals surface area (Å²) in [5, 5.41) is 0.960. The Morgan fingerprint density at radius 3 is 2.36 bits per heavy atom. The van der Waals surface area contributed by atoms with E-state index in [0.717, 1.165) is 23.0 Å². The molecule has 2 nitrogen and oxygen atoms in total. The number of nitrogens with one attached hydrogen (secondary N) is 1. The summed E-state index contributed by atoms with van der Waals surface area (Å²) in [6.45, 7) is 2.27. The smallest absolute Gasteiger partial charge is 0.166 e. The van der Waals surface area contributed by atoms with Crippen LogP contribution in [0.3, 0.4) is 0 Å². The highest BCUT2D eigenvalue weighted by Gasteiger charge is 2.02. The van der Waals surface area contributed by atoms with Crippen molar-refractivity contribution in [3.63, 3.8) is 0 Å². The van der Waals surface area contributed by atoms with Crippen LogP contribution in [-0.4, -0.2) is 15.7 Å². The number of rotatable bonds is 12. The Balaban J connectivity index is 1.70. The molecule has 0 amide bonds. The number of thioether (sulfide) groups is 1. The first-order valence-corrected chi connectivity index (χ1v) is 10.9. The van der Waals surface area contributed by atoms with Gasteiger partial charge in [-0.05, 0) is 18.1 Å². The highest BCUT2D eigenvalue weighted by molar-refractivity contribution is 7.99. The third-order valence-corrected chi connectivity index (χ3v) is 5.42. The number of hydrogen-bond donors (Lipinski definition) is 1. The molecule has 25 heavy (non-hydrogen) atoms. The second-order valence-electron chi connectivity index (χ2n) is 6.54. The molecule has 0 fully saturated rings. The van der Waals surface area contributed by atoms with Gasteiger partial charge in [0.25, 0.3) is 0 Å². The van der Waals surface area contributed by atoms with Gasteiger partial charge in [-0.15, -0.1) is 0 Å². The van der Waals surface area contributed by atoms with Crippen molar-refractivity contribution < 1.29 is 0 Å². The fourth-order valence-electron chi connectivity index (χ4n) is 2.87. The van der Waals surface area contributed by atoms with E-state index in [-0.39, 0.29) is 0 Å². The maximum Gasteiger partial charge on any atom is 0.166 e. The van der Waals surface area contributed by atoms with Gasteiger partial charge in [0, 0.05) is 17.9 Å². The van der Waals surface area contributed by atoms with Crippen LogP contribution in [0.4, 0.5) is 0 Å². The second kappa shape index (κ2) is 12.3. The van der Waals surface area contributed by atoms with Crippen molar-refractivity contribution in [1.29, 1.82) is 0 Å². The van der Waals surface area contributed by atoms with E-state index in [1.807, 2.05) is 12.1 Å². The molecular weight excluding hydrogens is 344 g/mol. The molecule has 0 aliphatic rings. The molecule has 2 rings (SSSR count). The summed E-state index contributed by atoms with van der Waals surface area (Å²) in [5.41, 5.74) is 2.43. The first-order valence-electron chi connectivity index (χ1n) is 9.55. The monoisotopic (exact) mass is 374 g/mol. The molecule has 1 aromatic carbocycles. The predicted octanol–water partition coefficient (Wildman–Crippen LogP) is 6.96. The highest BCUT2D eigenvalue weighted by atomic mass is 32.2. The molecule has 4 heteroatoms. The molecule has 0 aliphatic carbocycles. The first-order chi connectivity index (χ1) is 12.3. The molecule has 2 aromatic rings. The van der Waals surface area contributed by atoms with Crippen LogP contribution in [0.25, 0.3) is 0 Å². The molecule has 0 aliphatic heterocycles. The molecular formula is C21H30N2S2. The molecule has 1 heterocycles. The Kier molecular flexibility index (Phi) is 9.90. The Morgan fingerprint density at radius 2 is 1.64 bits per heavy atom. The molecule has 0 saturated carbocycles. The number of hydrogen-bond acceptors (Lipinski definition) is 3. The topological polar surface area (TPSA) is 28.7 Å². The van der Waals surface area contributed by atoms with Crippen LogP contribution in [0.1, 0.15) is 69.5 Å². The van der Waals surface area contributed by atoms with Gasteiger partial charge in [0.1, 0.15) is 4.64 Å². The molecule has 0 bridgehead atoms. The number of aromatic nitrogens is 2. The van der Waals surface area contributed by atoms with E-state index in [9.17, 15) is 0 Å². The van der Waals surface area contributed by atoms with Gasteiger partial charge in [-0.2, -0.15) is 0 Å². The molecule has 0 atom stereocenters. The summed E-state index contributed by atoms with van der Waals surface area (Å²) < 4.78 is 0.683. The van der Waals surface area contributed by atoms with Crippen molar-refractivity contribution in [2.75, 3.05) is 5.75 Å². The van der Waals surface area contributed by atoms with E-state index in [4.69, 9.17) is 12.2 Å². The van der Waals surface area contributed by atoms with Gasteiger partial charge >= 0.3 is 0 Å². The first kappa shape index (κ1) is 20.2. The van der Waals surface area contributed by atoms with Gasteiger partial charge in [-0.25, -0.2) is 4.98 Å². The minimum Gasteiger partial charge on any atom is -0.338 e. The number of nitrogens with zero attached hydrogens (tertiary/aromatic N) is 1. The fraction of sp³-hybridized carbons (Fsp3) is 0.524. The quantitative estimate of drug-likeness (QED) is 0.188. The molecule has 1 aromatic heterocycles. The maximum atomic E-state index is 5.33. The molecule has 0 saturated heterocycles. The largest absolute Gasteiger partial charge is 0.338 e. The van der Waals surface area contributed by atoms with Crippen LogP contribution in [0.15, 0.2) is 41.6 Å². The van der Waals surface area contributed by atoms with Crippen LogP contribution in [-0.2, 0) is 6.42 Å². The zero-order valence-electron chi connectivity index (χ0n) is 15.3. The average Bonchev–Trinajstić information content (AvgIpc) is 2.61. The van der Waals surface area contributed by atoms with Crippen LogP contribution in [0, 0.1) is 4.64 Å². The van der Waals surface area contributed by atoms with E-state index in [1.165, 1.54) is 56.9 Å². The van der Waals surface area contributed by atoms with Crippen molar-refractivity contribution in [2.24, 2.45) is 0 Å². The third-order valence-electron chi connectivity index (χ3n) is 4.25. The van der Waals surface area contributed by atoms with Crippen LogP contribution >= 0.6 is 24.0 Å². The lowest BCUT2D eigenvalue weighted by atomic mass is 10.1. The zero-order chi connectivity index (χ0) is 17.7. The maximum absolute atomic E-state index is 5.33. The Hall–Kier alpha value is -1.13. The van der Waals surface area contributed by atoms with E-state index >= 15 is 0 Å². The van der Waals surface area contributed by atoms with Crippen molar-refractivity contribution in [2.45, 2.75) is 69.9 Å². The molecule has 136 valence electrons. The summed E-state index contributed by atoms with van der Waals surface area (Å²) in [6.07, 6.45) is 11.7. The number of unbranched alkanes of at least 4 members (excludes halogenated alkanes) is 7. The third kappa shape index (κ3) is 8.68. The van der Waals surface area contributed by atoms with E-state index in [2.05, 4.69) is 41.2 Å². The summed E-state index contributed by atoms with van der Waals surface area (Å²) in [4.78, 5) is 7.91. The van der Waals surface area contributed by atoms with Gasteiger partial charge < -0.3 is 4.98 Å². The van der Waals surface area contributed by atoms with Gasteiger partial charge in [0.2, 0.25) is 0 Å². The van der Waals surface area contributed by atoms with Gasteiger partial charge in [-0.1, -0.05) is 106 Å². The number of benzene rings is 1. The summed E-state index contributed by atoms with van der Waals surface area (Å²) >= 11 is 7.13. The lowest BCUT2D eigenvalue weighted by molar-refractivity contribution is 0.586. The van der Waals surface area contributed by atoms with Crippen molar-refractivity contribution in [1.82, 2.24) is 9.97 Å². The Morgan fingerprint density at radius 1 is 0.960 bits per heavy atom. The SMILES string of the molecule is CCCCCCCCCCSc1nc(=S)cc(Cc2ccccc2)[nH]1. The average molecular weight is 375 g/mol. The normalized spacial score (nSPS) is 10.9. The summed E-state index contributed by atoms with van der Waals surface area (Å²) in [5.74, 6) is 1.11. The minimum atomic E-state index is 0.683. The summed E-state index contributed by atoms with van der Waals surface area (Å²) in [7, 11) is 0. The number of aromatic amines is 1. The summed E-state index contributed by atoms with van der Waals surface area (Å²) in [6, 6.07) is 12.5. The molecule has 0 unspecified atom stereocenters. The standard InChI is InChI=1S/C21H30N2S2/c1-2-3-4-5-6-7-8-12-15-25-21-22-19(17-20(24)23-21)16-18-13-10-9-11-14-18/h9-11,13-14,17H,2-8,12,15-16H2,1H3,(H,22,23,24). The highest BCUT2D eigenvalue weighted by Crippen LogP contribution is 2.18. The molecule has 0 radical (unpaired) electrons. The van der Waals surface area contributed by atoms with Crippen molar-refractivity contribution in [3.05, 3.63) is 52.3 Å². The van der Waals surface area contributed by atoms with E-state index in [0.29, 0.717) is 4.64 Å². The lowest BCUT2D eigenvalue weighted by Gasteiger charge is -2.06. The number of H-pyrrole nitrogens is 1. The van der Waals surface area contributed by atoms with Crippen molar-refractivity contribution in [3.8, 4) is 0 Å². The Bertz CT molecular complexity index is 652. The predicted molar refractivity (Wildman–Crippen MR) is 112 cm³/mol. The van der Waals surface area contributed by atoms with Crippen LogP contribution < -0.4 is 0 Å². The van der Waals surface area contributed by atoms with Crippen LogP contribution in [0.2, 0.25) is 0 Å². The van der Waals surface area contributed by atoms with E-state index < -0.39 is 0 Å². The Labute approximate surface area is 161 Å². The second-order valence-corrected chi connectivity index (χ2v) is 8.04. The minimum absolute atomic E-state index is 0.683. The molecule has 0 spiro atoms. The zero-order valence-corrected chi connectivity index (χ0v) is 16.9. The van der Waals surface area contributed by atoms with Gasteiger partial charge in [-0.3, -0.25) is 0 Å².